The predicted molar refractivity (Wildman–Crippen MR) is 132 cm³/mol. The molecule has 4 rings (SSSR count). The highest BCUT2D eigenvalue weighted by molar-refractivity contribution is 6.04. The summed E-state index contributed by atoms with van der Waals surface area (Å²) in [5.74, 6) is -0.636. The van der Waals surface area contributed by atoms with Gasteiger partial charge in [0.1, 0.15) is 11.5 Å². The van der Waals surface area contributed by atoms with Crippen molar-refractivity contribution in [2.45, 2.75) is 51.6 Å². The van der Waals surface area contributed by atoms with E-state index in [1.165, 1.54) is 24.2 Å². The second-order valence-electron chi connectivity index (χ2n) is 8.87. The quantitative estimate of drug-likeness (QED) is 0.437. The van der Waals surface area contributed by atoms with Gasteiger partial charge in [0, 0.05) is 17.3 Å². The minimum atomic E-state index is -1.12. The van der Waals surface area contributed by atoms with Gasteiger partial charge in [0.15, 0.2) is 17.6 Å². The zero-order valence-corrected chi connectivity index (χ0v) is 20.3. The van der Waals surface area contributed by atoms with Gasteiger partial charge in [-0.25, -0.2) is 0 Å². The molecule has 1 aromatic carbocycles. The average molecular weight is 492 g/mol. The molecule has 0 saturated heterocycles. The molecular formula is C27H29N3O6. The number of hydrogen-bond acceptors (Lipinski definition) is 6. The lowest BCUT2D eigenvalue weighted by Gasteiger charge is -2.31. The van der Waals surface area contributed by atoms with Crippen LogP contribution in [0.15, 0.2) is 63.6 Å². The summed E-state index contributed by atoms with van der Waals surface area (Å²) in [5, 5.41) is 5.61. The fourth-order valence-corrected chi connectivity index (χ4v) is 4.35. The first-order valence-corrected chi connectivity index (χ1v) is 11.9. The van der Waals surface area contributed by atoms with E-state index in [0.717, 1.165) is 25.7 Å². The first-order chi connectivity index (χ1) is 17.3. The number of amides is 3. The molecular weight excluding hydrogens is 462 g/mol. The Morgan fingerprint density at radius 3 is 2.33 bits per heavy atom. The van der Waals surface area contributed by atoms with Crippen molar-refractivity contribution in [1.82, 2.24) is 10.6 Å². The standard InChI is InChI=1S/C27H29N3O6/c1-17-9-14-22(36-17)25(27(34)29-20-6-3-4-7-20)30(21-12-10-19(11-13-21)18(2)31)24(32)16-28-26(33)23-8-5-15-35-23/h5,8-15,20,25H,3-4,6-7,16H2,1-2H3,(H,28,33)(H,29,34)/t25-/m0/s1. The Balaban J connectivity index is 1.68. The van der Waals surface area contributed by atoms with E-state index in [2.05, 4.69) is 10.6 Å². The van der Waals surface area contributed by atoms with Gasteiger partial charge in [-0.1, -0.05) is 12.8 Å². The van der Waals surface area contributed by atoms with Crippen LogP contribution in [-0.4, -0.2) is 36.1 Å². The highest BCUT2D eigenvalue weighted by atomic mass is 16.3. The number of carbonyl (C=O) groups is 4. The molecule has 36 heavy (non-hydrogen) atoms. The van der Waals surface area contributed by atoms with Crippen LogP contribution in [0.2, 0.25) is 0 Å². The minimum absolute atomic E-state index is 0.0201. The van der Waals surface area contributed by atoms with Gasteiger partial charge >= 0.3 is 0 Å². The fourth-order valence-electron chi connectivity index (χ4n) is 4.35. The van der Waals surface area contributed by atoms with Gasteiger partial charge in [0.2, 0.25) is 5.91 Å². The number of carbonyl (C=O) groups excluding carboxylic acids is 4. The molecule has 0 bridgehead atoms. The zero-order valence-electron chi connectivity index (χ0n) is 20.3. The van der Waals surface area contributed by atoms with Crippen LogP contribution >= 0.6 is 0 Å². The van der Waals surface area contributed by atoms with Crippen molar-refractivity contribution in [3.8, 4) is 0 Å². The van der Waals surface area contributed by atoms with Crippen molar-refractivity contribution < 1.29 is 28.0 Å². The van der Waals surface area contributed by atoms with Crippen molar-refractivity contribution in [1.29, 1.82) is 0 Å². The van der Waals surface area contributed by atoms with Crippen molar-refractivity contribution in [2.24, 2.45) is 0 Å². The minimum Gasteiger partial charge on any atom is -0.464 e. The molecule has 1 saturated carbocycles. The predicted octanol–water partition coefficient (Wildman–Crippen LogP) is 3.95. The second-order valence-corrected chi connectivity index (χ2v) is 8.87. The Labute approximate surface area is 208 Å². The first kappa shape index (κ1) is 25.0. The van der Waals surface area contributed by atoms with Crippen molar-refractivity contribution in [3.05, 3.63) is 77.6 Å². The molecule has 0 radical (unpaired) electrons. The molecule has 9 nitrogen and oxygen atoms in total. The van der Waals surface area contributed by atoms with Gasteiger partial charge in [-0.15, -0.1) is 0 Å². The van der Waals surface area contributed by atoms with Crippen LogP contribution in [0.25, 0.3) is 0 Å². The third-order valence-corrected chi connectivity index (χ3v) is 6.20. The summed E-state index contributed by atoms with van der Waals surface area (Å²) >= 11 is 0. The summed E-state index contributed by atoms with van der Waals surface area (Å²) in [6, 6.07) is 11.8. The lowest BCUT2D eigenvalue weighted by Crippen LogP contribution is -2.49. The van der Waals surface area contributed by atoms with Gasteiger partial charge in [-0.3, -0.25) is 24.1 Å². The van der Waals surface area contributed by atoms with Crippen LogP contribution < -0.4 is 15.5 Å². The van der Waals surface area contributed by atoms with Gasteiger partial charge in [-0.05, 0) is 75.2 Å². The van der Waals surface area contributed by atoms with E-state index in [1.807, 2.05) is 0 Å². The van der Waals surface area contributed by atoms with Gasteiger partial charge in [-0.2, -0.15) is 0 Å². The molecule has 2 N–H and O–H groups in total. The number of aryl methyl sites for hydroxylation is 1. The Morgan fingerprint density at radius 2 is 1.75 bits per heavy atom. The molecule has 3 amide bonds. The van der Waals surface area contributed by atoms with E-state index in [1.54, 1.807) is 49.4 Å². The number of furan rings is 2. The molecule has 1 aliphatic rings. The maximum atomic E-state index is 13.6. The van der Waals surface area contributed by atoms with Gasteiger partial charge in [0.25, 0.3) is 11.8 Å². The molecule has 1 fully saturated rings. The molecule has 0 aliphatic heterocycles. The Hall–Kier alpha value is -4.14. The van der Waals surface area contributed by atoms with E-state index >= 15 is 0 Å². The SMILES string of the molecule is CC(=O)c1ccc(N(C(=O)CNC(=O)c2ccco2)[C@H](C(=O)NC2CCCC2)c2ccc(C)o2)cc1. The van der Waals surface area contributed by atoms with Crippen LogP contribution in [0.1, 0.15) is 71.1 Å². The summed E-state index contributed by atoms with van der Waals surface area (Å²) in [7, 11) is 0. The second kappa shape index (κ2) is 11.1. The molecule has 3 aromatic rings. The molecule has 1 atom stereocenters. The fraction of sp³-hybridized carbons (Fsp3) is 0.333. The summed E-state index contributed by atoms with van der Waals surface area (Å²) in [5.41, 5.74) is 0.857. The summed E-state index contributed by atoms with van der Waals surface area (Å²) in [6.07, 6.45) is 5.17. The summed E-state index contributed by atoms with van der Waals surface area (Å²) in [4.78, 5) is 52.7. The number of benzene rings is 1. The van der Waals surface area contributed by atoms with Gasteiger partial charge < -0.3 is 19.5 Å². The number of anilines is 1. The van der Waals surface area contributed by atoms with Crippen LogP contribution in [0.3, 0.4) is 0 Å². The number of nitrogens with zero attached hydrogens (tertiary/aromatic N) is 1. The third kappa shape index (κ3) is 5.73. The van der Waals surface area contributed by atoms with E-state index in [9.17, 15) is 19.2 Å². The number of nitrogens with one attached hydrogen (secondary N) is 2. The van der Waals surface area contributed by atoms with Crippen LogP contribution in [0, 0.1) is 6.92 Å². The third-order valence-electron chi connectivity index (χ3n) is 6.20. The van der Waals surface area contributed by atoms with Crippen molar-refractivity contribution in [2.75, 3.05) is 11.4 Å². The molecule has 0 spiro atoms. The molecule has 1 aliphatic carbocycles. The van der Waals surface area contributed by atoms with E-state index in [4.69, 9.17) is 8.83 Å². The summed E-state index contributed by atoms with van der Waals surface area (Å²) < 4.78 is 10.9. The number of ketones is 1. The monoisotopic (exact) mass is 491 g/mol. The molecule has 188 valence electrons. The molecule has 9 heteroatoms. The van der Waals surface area contributed by atoms with Gasteiger partial charge in [0.05, 0.1) is 12.8 Å². The zero-order chi connectivity index (χ0) is 25.7. The van der Waals surface area contributed by atoms with E-state index < -0.39 is 17.9 Å². The normalized spacial score (nSPS) is 14.3. The average Bonchev–Trinajstić information content (AvgIpc) is 3.64. The first-order valence-electron chi connectivity index (χ1n) is 11.9. The number of Topliss-reactive ketones (excluding diaryl/α,β-unsaturated/α-hetero) is 1. The lowest BCUT2D eigenvalue weighted by molar-refractivity contribution is -0.127. The Kier molecular flexibility index (Phi) is 7.68. The Morgan fingerprint density at radius 1 is 1.03 bits per heavy atom. The highest BCUT2D eigenvalue weighted by Crippen LogP contribution is 2.30. The highest BCUT2D eigenvalue weighted by Gasteiger charge is 2.36. The van der Waals surface area contributed by atoms with Crippen molar-refractivity contribution in [3.63, 3.8) is 0 Å². The molecule has 2 heterocycles. The van der Waals surface area contributed by atoms with E-state index in [0.29, 0.717) is 22.8 Å². The number of rotatable bonds is 9. The topological polar surface area (TPSA) is 122 Å². The lowest BCUT2D eigenvalue weighted by atomic mass is 10.1. The smallest absolute Gasteiger partial charge is 0.287 e. The largest absolute Gasteiger partial charge is 0.464 e. The van der Waals surface area contributed by atoms with Crippen LogP contribution in [-0.2, 0) is 9.59 Å². The number of hydrogen-bond donors (Lipinski definition) is 2. The maximum absolute atomic E-state index is 13.6. The van der Waals surface area contributed by atoms with Crippen LogP contribution in [0.5, 0.6) is 0 Å². The maximum Gasteiger partial charge on any atom is 0.287 e. The molecule has 0 unspecified atom stereocenters. The van der Waals surface area contributed by atoms with Crippen molar-refractivity contribution >= 4 is 29.2 Å². The Bertz CT molecular complexity index is 1220. The summed E-state index contributed by atoms with van der Waals surface area (Å²) in [6.45, 7) is 2.82. The van der Waals surface area contributed by atoms with Crippen LogP contribution in [0.4, 0.5) is 5.69 Å². The molecule has 2 aromatic heterocycles. The van der Waals surface area contributed by atoms with E-state index in [-0.39, 0.29) is 30.0 Å².